The maximum Gasteiger partial charge on any atom is 0.241 e. The summed E-state index contributed by atoms with van der Waals surface area (Å²) >= 11 is 0. The van der Waals surface area contributed by atoms with Crippen LogP contribution >= 0.6 is 0 Å². The minimum absolute atomic E-state index is 0.00969. The van der Waals surface area contributed by atoms with Gasteiger partial charge < -0.3 is 16.4 Å². The topological polar surface area (TPSA) is 84.2 Å². The Labute approximate surface area is 116 Å². The molecule has 1 aromatic rings. The largest absolute Gasteiger partial charge is 0.326 e. The molecule has 0 bridgehead atoms. The predicted molar refractivity (Wildman–Crippen MR) is 74.8 cm³/mol. The lowest BCUT2D eigenvalue weighted by Crippen LogP contribution is -2.35. The maximum absolute atomic E-state index is 13.9. The summed E-state index contributed by atoms with van der Waals surface area (Å²) in [7, 11) is 0. The number of anilines is 2. The highest BCUT2D eigenvalue weighted by Crippen LogP contribution is 2.28. The molecule has 1 aliphatic rings. The van der Waals surface area contributed by atoms with Crippen molar-refractivity contribution >= 4 is 23.2 Å². The number of halogens is 1. The zero-order valence-electron chi connectivity index (χ0n) is 10.9. The van der Waals surface area contributed by atoms with Crippen molar-refractivity contribution in [3.05, 3.63) is 36.2 Å². The van der Waals surface area contributed by atoms with Gasteiger partial charge in [-0.1, -0.05) is 6.08 Å². The third-order valence-electron chi connectivity index (χ3n) is 3.10. The molecule has 1 aromatic carbocycles. The van der Waals surface area contributed by atoms with Crippen LogP contribution in [0.1, 0.15) is 18.4 Å². The van der Waals surface area contributed by atoms with Crippen LogP contribution in [0.25, 0.3) is 0 Å². The zero-order chi connectivity index (χ0) is 14.7. The fourth-order valence-corrected chi connectivity index (χ4v) is 2.01. The zero-order valence-corrected chi connectivity index (χ0v) is 10.9. The average molecular weight is 277 g/mol. The standard InChI is InChI=1S/C14H16FN3O2/c1-2-3-10(16)14(20)18-12-7-11-8(6-9(12)15)4-5-13(19)17-11/h2,6-7,10H,1,3-5,16H2,(H,17,19)(H,18,20). The van der Waals surface area contributed by atoms with Gasteiger partial charge >= 0.3 is 0 Å². The molecule has 20 heavy (non-hydrogen) atoms. The number of carbonyl (C=O) groups excluding carboxylic acids is 2. The molecule has 1 unspecified atom stereocenters. The van der Waals surface area contributed by atoms with Crippen molar-refractivity contribution in [1.82, 2.24) is 0 Å². The number of nitrogens with one attached hydrogen (secondary N) is 2. The first-order valence-electron chi connectivity index (χ1n) is 6.31. The van der Waals surface area contributed by atoms with Crippen molar-refractivity contribution < 1.29 is 14.0 Å². The first-order chi connectivity index (χ1) is 9.51. The van der Waals surface area contributed by atoms with Gasteiger partial charge in [0.1, 0.15) is 5.82 Å². The molecule has 2 rings (SSSR count). The molecule has 0 fully saturated rings. The van der Waals surface area contributed by atoms with Gasteiger partial charge in [0.25, 0.3) is 0 Å². The third-order valence-corrected chi connectivity index (χ3v) is 3.10. The molecule has 0 saturated carbocycles. The molecule has 1 aliphatic heterocycles. The Morgan fingerprint density at radius 1 is 1.55 bits per heavy atom. The van der Waals surface area contributed by atoms with Crippen molar-refractivity contribution in [3.8, 4) is 0 Å². The van der Waals surface area contributed by atoms with E-state index < -0.39 is 17.8 Å². The molecule has 0 spiro atoms. The Bertz CT molecular complexity index is 572. The van der Waals surface area contributed by atoms with E-state index >= 15 is 0 Å². The number of carbonyl (C=O) groups is 2. The van der Waals surface area contributed by atoms with Gasteiger partial charge in [0, 0.05) is 12.1 Å². The van der Waals surface area contributed by atoms with E-state index in [-0.39, 0.29) is 11.6 Å². The number of nitrogens with two attached hydrogens (primary N) is 1. The van der Waals surface area contributed by atoms with Gasteiger partial charge in [0.15, 0.2) is 0 Å². The van der Waals surface area contributed by atoms with Gasteiger partial charge in [-0.2, -0.15) is 0 Å². The molecule has 2 amide bonds. The molecule has 5 nitrogen and oxygen atoms in total. The van der Waals surface area contributed by atoms with Crippen molar-refractivity contribution in [1.29, 1.82) is 0 Å². The number of rotatable bonds is 4. The number of fused-ring (bicyclic) bond motifs is 1. The van der Waals surface area contributed by atoms with Crippen LogP contribution in [0.2, 0.25) is 0 Å². The molecule has 6 heteroatoms. The monoisotopic (exact) mass is 277 g/mol. The number of aryl methyl sites for hydroxylation is 1. The number of benzene rings is 1. The second-order valence-corrected chi connectivity index (χ2v) is 4.66. The fraction of sp³-hybridized carbons (Fsp3) is 0.286. The van der Waals surface area contributed by atoms with Gasteiger partial charge in [-0.15, -0.1) is 6.58 Å². The number of hydrogen-bond donors (Lipinski definition) is 3. The lowest BCUT2D eigenvalue weighted by molar-refractivity contribution is -0.117. The van der Waals surface area contributed by atoms with Gasteiger partial charge in [-0.05, 0) is 30.5 Å². The lowest BCUT2D eigenvalue weighted by atomic mass is 10.0. The highest BCUT2D eigenvalue weighted by molar-refractivity contribution is 5.98. The summed E-state index contributed by atoms with van der Waals surface area (Å²) in [4.78, 5) is 23.1. The molecule has 1 heterocycles. The molecule has 0 radical (unpaired) electrons. The van der Waals surface area contributed by atoms with Crippen LogP contribution in [0.4, 0.5) is 15.8 Å². The smallest absolute Gasteiger partial charge is 0.241 e. The molecule has 1 atom stereocenters. The van der Waals surface area contributed by atoms with Gasteiger partial charge in [0.2, 0.25) is 11.8 Å². The van der Waals surface area contributed by atoms with Gasteiger partial charge in [-0.25, -0.2) is 4.39 Å². The van der Waals surface area contributed by atoms with Gasteiger partial charge in [-0.3, -0.25) is 9.59 Å². The Morgan fingerprint density at radius 3 is 3.00 bits per heavy atom. The molecule has 0 aromatic heterocycles. The minimum Gasteiger partial charge on any atom is -0.326 e. The van der Waals surface area contributed by atoms with Crippen molar-refractivity contribution in [2.24, 2.45) is 5.73 Å². The minimum atomic E-state index is -0.780. The van der Waals surface area contributed by atoms with Crippen molar-refractivity contribution in [2.45, 2.75) is 25.3 Å². The van der Waals surface area contributed by atoms with Crippen LogP contribution in [0.3, 0.4) is 0 Å². The normalized spacial score (nSPS) is 15.0. The summed E-state index contributed by atoms with van der Waals surface area (Å²) < 4.78 is 13.9. The Balaban J connectivity index is 2.20. The van der Waals surface area contributed by atoms with Crippen molar-refractivity contribution in [3.63, 3.8) is 0 Å². The summed E-state index contributed by atoms with van der Waals surface area (Å²) in [5.74, 6) is -1.16. The first-order valence-corrected chi connectivity index (χ1v) is 6.31. The van der Waals surface area contributed by atoms with E-state index in [2.05, 4.69) is 17.2 Å². The molecule has 0 aliphatic carbocycles. The van der Waals surface area contributed by atoms with E-state index in [1.54, 1.807) is 0 Å². The third kappa shape index (κ3) is 3.03. The summed E-state index contributed by atoms with van der Waals surface area (Å²) in [5.41, 5.74) is 6.86. The molecule has 0 saturated heterocycles. The van der Waals surface area contributed by atoms with E-state index in [4.69, 9.17) is 5.73 Å². The Kier molecular flexibility index (Phi) is 4.14. The van der Waals surface area contributed by atoms with Crippen LogP contribution in [-0.2, 0) is 16.0 Å². The fourth-order valence-electron chi connectivity index (χ4n) is 2.01. The van der Waals surface area contributed by atoms with Crippen molar-refractivity contribution in [2.75, 3.05) is 10.6 Å². The van der Waals surface area contributed by atoms with Crippen LogP contribution in [-0.4, -0.2) is 17.9 Å². The van der Waals surface area contributed by atoms with E-state index in [1.807, 2.05) is 0 Å². The SMILES string of the molecule is C=CCC(N)C(=O)Nc1cc2c(cc1F)CCC(=O)N2. The maximum atomic E-state index is 13.9. The Hall–Kier alpha value is -2.21. The lowest BCUT2D eigenvalue weighted by Gasteiger charge is -2.19. The molecule has 4 N–H and O–H groups in total. The van der Waals surface area contributed by atoms with Gasteiger partial charge in [0.05, 0.1) is 11.7 Å². The van der Waals surface area contributed by atoms with Crippen LogP contribution < -0.4 is 16.4 Å². The van der Waals surface area contributed by atoms with Crippen LogP contribution in [0, 0.1) is 5.82 Å². The Morgan fingerprint density at radius 2 is 2.30 bits per heavy atom. The van der Waals surface area contributed by atoms with E-state index in [0.717, 1.165) is 5.56 Å². The first kappa shape index (κ1) is 14.2. The summed E-state index contributed by atoms with van der Waals surface area (Å²) in [5, 5.41) is 5.07. The van der Waals surface area contributed by atoms with E-state index in [0.29, 0.717) is 24.9 Å². The highest BCUT2D eigenvalue weighted by Gasteiger charge is 2.19. The van der Waals surface area contributed by atoms with E-state index in [1.165, 1.54) is 18.2 Å². The summed E-state index contributed by atoms with van der Waals surface area (Å²) in [6, 6.07) is 1.96. The number of amides is 2. The van der Waals surface area contributed by atoms with Crippen LogP contribution in [0.15, 0.2) is 24.8 Å². The average Bonchev–Trinajstić information content (AvgIpc) is 2.40. The summed E-state index contributed by atoms with van der Waals surface area (Å²) in [6.45, 7) is 3.49. The predicted octanol–water partition coefficient (Wildman–Crippen LogP) is 1.55. The molecule has 106 valence electrons. The highest BCUT2D eigenvalue weighted by atomic mass is 19.1. The quantitative estimate of drug-likeness (QED) is 0.730. The number of hydrogen-bond acceptors (Lipinski definition) is 3. The second kappa shape index (κ2) is 5.83. The molecular weight excluding hydrogens is 261 g/mol. The van der Waals surface area contributed by atoms with Crippen LogP contribution in [0.5, 0.6) is 0 Å². The molecular formula is C14H16FN3O2. The second-order valence-electron chi connectivity index (χ2n) is 4.66. The van der Waals surface area contributed by atoms with E-state index in [9.17, 15) is 14.0 Å². The summed E-state index contributed by atoms with van der Waals surface area (Å²) in [6.07, 6.45) is 2.65.